The van der Waals surface area contributed by atoms with Gasteiger partial charge in [-0.2, -0.15) is 0 Å². The molecule has 0 radical (unpaired) electrons. The molecule has 0 unspecified atom stereocenters. The minimum Gasteiger partial charge on any atom is -0.383 e. The maximum absolute atomic E-state index is 12.9. The Morgan fingerprint density at radius 2 is 2.08 bits per heavy atom. The number of thiophene rings is 1. The summed E-state index contributed by atoms with van der Waals surface area (Å²) >= 11 is 1.67. The quantitative estimate of drug-likeness (QED) is 0.691. The fraction of sp³-hybridized carbons (Fsp3) is 0.300. The van der Waals surface area contributed by atoms with Crippen LogP contribution >= 0.6 is 11.3 Å². The van der Waals surface area contributed by atoms with Gasteiger partial charge in [0.05, 0.1) is 24.4 Å². The van der Waals surface area contributed by atoms with E-state index in [1.54, 1.807) is 23.3 Å². The molecule has 1 N–H and O–H groups in total. The molecule has 0 aliphatic heterocycles. The first-order valence-electron chi connectivity index (χ1n) is 8.52. The van der Waals surface area contributed by atoms with Crippen LogP contribution in [0.15, 0.2) is 41.8 Å². The molecule has 26 heavy (non-hydrogen) atoms. The van der Waals surface area contributed by atoms with Crippen molar-refractivity contribution < 1.29 is 9.53 Å². The van der Waals surface area contributed by atoms with Crippen molar-refractivity contribution in [2.75, 3.05) is 25.6 Å². The molecule has 0 bridgehead atoms. The monoisotopic (exact) mass is 369 g/mol. The van der Waals surface area contributed by atoms with Gasteiger partial charge in [0.2, 0.25) is 0 Å². The van der Waals surface area contributed by atoms with E-state index < -0.39 is 0 Å². The third-order valence-electron chi connectivity index (χ3n) is 4.27. The summed E-state index contributed by atoms with van der Waals surface area (Å²) in [6, 6.07) is 11.7. The zero-order valence-corrected chi connectivity index (χ0v) is 16.1. The van der Waals surface area contributed by atoms with Crippen LogP contribution < -0.4 is 5.32 Å². The Hall–Kier alpha value is -2.44. The van der Waals surface area contributed by atoms with E-state index in [2.05, 4.69) is 28.7 Å². The van der Waals surface area contributed by atoms with Crippen LogP contribution in [-0.4, -0.2) is 36.2 Å². The highest BCUT2D eigenvalue weighted by atomic mass is 32.1. The minimum absolute atomic E-state index is 0.136. The molecular weight excluding hydrogens is 346 g/mol. The predicted molar refractivity (Wildman–Crippen MR) is 107 cm³/mol. The van der Waals surface area contributed by atoms with Crippen molar-refractivity contribution in [3.63, 3.8) is 0 Å². The molecule has 0 saturated heterocycles. The van der Waals surface area contributed by atoms with E-state index in [4.69, 9.17) is 4.74 Å². The van der Waals surface area contributed by atoms with Gasteiger partial charge >= 0.3 is 6.03 Å². The van der Waals surface area contributed by atoms with Crippen molar-refractivity contribution in [2.24, 2.45) is 0 Å². The first-order chi connectivity index (χ1) is 12.6. The number of ether oxygens (including phenoxy) is 1. The number of pyridine rings is 1. The van der Waals surface area contributed by atoms with Crippen molar-refractivity contribution >= 4 is 34.0 Å². The van der Waals surface area contributed by atoms with E-state index in [0.717, 1.165) is 22.3 Å². The summed E-state index contributed by atoms with van der Waals surface area (Å²) < 4.78 is 5.18. The minimum atomic E-state index is -0.136. The number of hydrogen-bond acceptors (Lipinski definition) is 4. The normalized spacial score (nSPS) is 10.9. The summed E-state index contributed by atoms with van der Waals surface area (Å²) in [7, 11) is 1.64. The van der Waals surface area contributed by atoms with Crippen LogP contribution in [0.5, 0.6) is 0 Å². The van der Waals surface area contributed by atoms with Crippen LogP contribution in [0.4, 0.5) is 10.5 Å². The van der Waals surface area contributed by atoms with Gasteiger partial charge in [0.1, 0.15) is 0 Å². The predicted octanol–water partition coefficient (Wildman–Crippen LogP) is 4.59. The number of carbonyl (C=O) groups is 1. The summed E-state index contributed by atoms with van der Waals surface area (Å²) in [6.45, 7) is 5.62. The fourth-order valence-corrected chi connectivity index (χ4v) is 3.67. The number of amides is 2. The van der Waals surface area contributed by atoms with Gasteiger partial charge in [0, 0.05) is 29.6 Å². The fourth-order valence-electron chi connectivity index (χ4n) is 2.75. The highest BCUT2D eigenvalue weighted by Gasteiger charge is 2.17. The van der Waals surface area contributed by atoms with Gasteiger partial charge in [0.25, 0.3) is 0 Å². The molecule has 0 fully saturated rings. The Labute approximate surface area is 157 Å². The maximum Gasteiger partial charge on any atom is 0.322 e. The average Bonchev–Trinajstić information content (AvgIpc) is 3.03. The summed E-state index contributed by atoms with van der Waals surface area (Å²) in [4.78, 5) is 20.4. The molecular formula is C20H23N3O2S. The Kier molecular flexibility index (Phi) is 5.85. The Morgan fingerprint density at radius 3 is 2.81 bits per heavy atom. The molecule has 3 rings (SSSR count). The lowest BCUT2D eigenvalue weighted by Gasteiger charge is -2.23. The van der Waals surface area contributed by atoms with Gasteiger partial charge in [-0.15, -0.1) is 11.3 Å². The highest BCUT2D eigenvalue weighted by molar-refractivity contribution is 7.10. The third kappa shape index (κ3) is 4.20. The van der Waals surface area contributed by atoms with E-state index >= 15 is 0 Å². The average molecular weight is 369 g/mol. The second-order valence-electron chi connectivity index (χ2n) is 6.20. The molecule has 0 aliphatic rings. The molecule has 2 amide bonds. The van der Waals surface area contributed by atoms with Crippen molar-refractivity contribution in [3.05, 3.63) is 57.9 Å². The smallest absolute Gasteiger partial charge is 0.322 e. The van der Waals surface area contributed by atoms with Crippen LogP contribution in [0.3, 0.4) is 0 Å². The number of rotatable bonds is 6. The Morgan fingerprint density at radius 1 is 1.23 bits per heavy atom. The molecule has 136 valence electrons. The summed E-state index contributed by atoms with van der Waals surface area (Å²) in [6.07, 6.45) is 0. The summed E-state index contributed by atoms with van der Waals surface area (Å²) in [5.74, 6) is 0. The topological polar surface area (TPSA) is 54.5 Å². The summed E-state index contributed by atoms with van der Waals surface area (Å²) in [5, 5.41) is 6.03. The number of fused-ring (bicyclic) bond motifs is 1. The SMILES string of the molecule is COCCN(Cc1sccc1C)C(=O)Nc1cccc2nc(C)ccc12. The summed E-state index contributed by atoms with van der Waals surface area (Å²) in [5.41, 5.74) is 3.80. The van der Waals surface area contributed by atoms with Crippen LogP contribution in [-0.2, 0) is 11.3 Å². The van der Waals surface area contributed by atoms with Crippen molar-refractivity contribution in [2.45, 2.75) is 20.4 Å². The van der Waals surface area contributed by atoms with Crippen LogP contribution in [0.1, 0.15) is 16.1 Å². The van der Waals surface area contributed by atoms with Crippen molar-refractivity contribution in [3.8, 4) is 0 Å². The molecule has 3 aromatic rings. The third-order valence-corrected chi connectivity index (χ3v) is 5.28. The van der Waals surface area contributed by atoms with E-state index in [1.165, 1.54) is 10.4 Å². The lowest BCUT2D eigenvalue weighted by Crippen LogP contribution is -2.36. The van der Waals surface area contributed by atoms with Crippen molar-refractivity contribution in [1.82, 2.24) is 9.88 Å². The molecule has 5 nitrogen and oxygen atoms in total. The lowest BCUT2D eigenvalue weighted by atomic mass is 10.1. The first-order valence-corrected chi connectivity index (χ1v) is 9.40. The Balaban J connectivity index is 1.82. The van der Waals surface area contributed by atoms with E-state index in [9.17, 15) is 4.79 Å². The first kappa shape index (κ1) is 18.4. The van der Waals surface area contributed by atoms with Gasteiger partial charge in [-0.25, -0.2) is 4.79 Å². The number of hydrogen-bond donors (Lipinski definition) is 1. The van der Waals surface area contributed by atoms with Gasteiger partial charge < -0.3 is 15.0 Å². The number of nitrogens with zero attached hydrogens (tertiary/aromatic N) is 2. The Bertz CT molecular complexity index is 907. The number of methoxy groups -OCH3 is 1. The molecule has 0 saturated carbocycles. The van der Waals surface area contributed by atoms with Crippen LogP contribution in [0, 0.1) is 13.8 Å². The number of urea groups is 1. The number of carbonyl (C=O) groups excluding carboxylic acids is 1. The highest BCUT2D eigenvalue weighted by Crippen LogP contribution is 2.23. The van der Waals surface area contributed by atoms with Gasteiger partial charge in [-0.3, -0.25) is 4.98 Å². The molecule has 0 spiro atoms. The lowest BCUT2D eigenvalue weighted by molar-refractivity contribution is 0.153. The number of nitrogens with one attached hydrogen (secondary N) is 1. The number of aryl methyl sites for hydroxylation is 2. The van der Waals surface area contributed by atoms with E-state index in [0.29, 0.717) is 19.7 Å². The standard InChI is InChI=1S/C20H23N3O2S/c1-14-9-12-26-19(14)13-23(10-11-25-3)20(24)22-18-6-4-5-17-16(18)8-7-15(2)21-17/h4-9,12H,10-11,13H2,1-3H3,(H,22,24). The molecule has 2 aromatic heterocycles. The van der Waals surface area contributed by atoms with Crippen molar-refractivity contribution in [1.29, 1.82) is 0 Å². The van der Waals surface area contributed by atoms with Gasteiger partial charge in [-0.05, 0) is 55.1 Å². The zero-order valence-electron chi connectivity index (χ0n) is 15.3. The number of aromatic nitrogens is 1. The molecule has 1 aromatic carbocycles. The van der Waals surface area contributed by atoms with Crippen LogP contribution in [0.25, 0.3) is 10.9 Å². The second-order valence-corrected chi connectivity index (χ2v) is 7.20. The molecule has 2 heterocycles. The van der Waals surface area contributed by atoms with Gasteiger partial charge in [0.15, 0.2) is 0 Å². The number of anilines is 1. The zero-order chi connectivity index (χ0) is 18.5. The molecule has 6 heteroatoms. The second kappa shape index (κ2) is 8.29. The molecule has 0 aliphatic carbocycles. The van der Waals surface area contributed by atoms with Crippen LogP contribution in [0.2, 0.25) is 0 Å². The number of benzene rings is 1. The molecule has 0 atom stereocenters. The largest absolute Gasteiger partial charge is 0.383 e. The van der Waals surface area contributed by atoms with E-state index in [-0.39, 0.29) is 6.03 Å². The van der Waals surface area contributed by atoms with Gasteiger partial charge in [-0.1, -0.05) is 6.07 Å². The maximum atomic E-state index is 12.9. The van der Waals surface area contributed by atoms with E-state index in [1.807, 2.05) is 37.3 Å².